The average Bonchev–Trinajstić information content (AvgIpc) is 2.72. The Hall–Kier alpha value is -1.32. The van der Waals surface area contributed by atoms with Gasteiger partial charge in [-0.1, -0.05) is 19.3 Å². The quantitative estimate of drug-likeness (QED) is 0.754. The lowest BCUT2D eigenvalue weighted by Crippen LogP contribution is -2.24. The molecule has 2 N–H and O–H groups in total. The molecule has 1 aromatic rings. The average molecular weight is 193 g/mol. The van der Waals surface area contributed by atoms with Crippen LogP contribution < -0.4 is 5.32 Å². The summed E-state index contributed by atoms with van der Waals surface area (Å²) in [5.74, 6) is 1.03. The molecule has 0 aromatic carbocycles. The van der Waals surface area contributed by atoms with E-state index in [1.54, 1.807) is 12.3 Å². The fraction of sp³-hybridized carbons (Fsp3) is 0.600. The molecule has 4 heteroatoms. The van der Waals surface area contributed by atoms with E-state index in [0.29, 0.717) is 5.82 Å². The van der Waals surface area contributed by atoms with Crippen molar-refractivity contribution in [2.45, 2.75) is 32.1 Å². The molecule has 14 heavy (non-hydrogen) atoms. The predicted octanol–water partition coefficient (Wildman–Crippen LogP) is 1.93. The Morgan fingerprint density at radius 2 is 2.21 bits per heavy atom. The highest BCUT2D eigenvalue weighted by atomic mass is 16.1. The number of carbonyl (C=O) groups excluding carboxylic acids is 1. The van der Waals surface area contributed by atoms with Gasteiger partial charge in [-0.15, -0.1) is 0 Å². The van der Waals surface area contributed by atoms with Crippen molar-refractivity contribution >= 4 is 11.7 Å². The maximum Gasteiger partial charge on any atom is 0.228 e. The third-order valence-electron chi connectivity index (χ3n) is 2.73. The Morgan fingerprint density at radius 1 is 1.43 bits per heavy atom. The van der Waals surface area contributed by atoms with Crippen molar-refractivity contribution in [3.63, 3.8) is 0 Å². The van der Waals surface area contributed by atoms with Crippen molar-refractivity contribution in [3.05, 3.63) is 12.3 Å². The first kappa shape index (κ1) is 9.24. The number of hydrogen-bond donors (Lipinski definition) is 2. The second kappa shape index (κ2) is 4.26. The first-order valence-electron chi connectivity index (χ1n) is 5.16. The minimum absolute atomic E-state index is 0.133. The molecular weight excluding hydrogens is 178 g/mol. The van der Waals surface area contributed by atoms with Gasteiger partial charge in [0.25, 0.3) is 0 Å². The number of aromatic amines is 1. The van der Waals surface area contributed by atoms with Crippen molar-refractivity contribution in [1.29, 1.82) is 0 Å². The van der Waals surface area contributed by atoms with E-state index in [1.807, 2.05) is 0 Å². The van der Waals surface area contributed by atoms with Gasteiger partial charge in [-0.25, -0.2) is 0 Å². The van der Waals surface area contributed by atoms with Crippen molar-refractivity contribution in [3.8, 4) is 0 Å². The molecule has 1 fully saturated rings. The lowest BCUT2D eigenvalue weighted by Gasteiger charge is -2.20. The molecule has 1 aromatic heterocycles. The van der Waals surface area contributed by atoms with E-state index in [9.17, 15) is 4.79 Å². The maximum absolute atomic E-state index is 11.7. The van der Waals surface area contributed by atoms with E-state index in [2.05, 4.69) is 15.5 Å². The van der Waals surface area contributed by atoms with E-state index in [1.165, 1.54) is 19.3 Å². The summed E-state index contributed by atoms with van der Waals surface area (Å²) >= 11 is 0. The summed E-state index contributed by atoms with van der Waals surface area (Å²) in [5, 5.41) is 9.34. The lowest BCUT2D eigenvalue weighted by atomic mass is 9.89. The first-order valence-corrected chi connectivity index (χ1v) is 5.16. The number of rotatable bonds is 2. The maximum atomic E-state index is 11.7. The zero-order valence-corrected chi connectivity index (χ0v) is 8.12. The van der Waals surface area contributed by atoms with Gasteiger partial charge < -0.3 is 5.32 Å². The minimum atomic E-state index is 0.133. The Balaban J connectivity index is 1.88. The zero-order chi connectivity index (χ0) is 9.80. The fourth-order valence-electron chi connectivity index (χ4n) is 1.93. The normalized spacial score (nSPS) is 18.0. The van der Waals surface area contributed by atoms with Crippen LogP contribution >= 0.6 is 0 Å². The highest BCUT2D eigenvalue weighted by molar-refractivity contribution is 5.91. The van der Waals surface area contributed by atoms with Crippen LogP contribution in [0.4, 0.5) is 5.82 Å². The second-order valence-electron chi connectivity index (χ2n) is 3.79. The number of H-pyrrole nitrogens is 1. The monoisotopic (exact) mass is 193 g/mol. The molecule has 0 radical (unpaired) electrons. The molecule has 0 unspecified atom stereocenters. The number of aromatic nitrogens is 2. The largest absolute Gasteiger partial charge is 0.311 e. The van der Waals surface area contributed by atoms with E-state index in [0.717, 1.165) is 12.8 Å². The number of nitrogens with zero attached hydrogens (tertiary/aromatic N) is 1. The predicted molar refractivity (Wildman–Crippen MR) is 53.8 cm³/mol. The molecule has 0 saturated heterocycles. The third kappa shape index (κ3) is 2.13. The summed E-state index contributed by atoms with van der Waals surface area (Å²) in [4.78, 5) is 11.7. The zero-order valence-electron chi connectivity index (χ0n) is 8.12. The Morgan fingerprint density at radius 3 is 2.86 bits per heavy atom. The molecule has 76 valence electrons. The molecule has 4 nitrogen and oxygen atoms in total. The summed E-state index contributed by atoms with van der Waals surface area (Å²) in [6.07, 6.45) is 7.33. The Bertz CT molecular complexity index is 288. The van der Waals surface area contributed by atoms with Crippen LogP contribution in [0, 0.1) is 5.92 Å². The summed E-state index contributed by atoms with van der Waals surface area (Å²) in [6, 6.07) is 1.76. The molecular formula is C10H15N3O. The fourth-order valence-corrected chi connectivity index (χ4v) is 1.93. The number of amides is 1. The van der Waals surface area contributed by atoms with Crippen molar-refractivity contribution in [2.75, 3.05) is 5.32 Å². The van der Waals surface area contributed by atoms with Crippen LogP contribution in [0.5, 0.6) is 0 Å². The number of hydrogen-bond acceptors (Lipinski definition) is 2. The standard InChI is InChI=1S/C10H15N3O/c14-10(8-4-2-1-3-5-8)12-9-6-7-11-13-9/h6-8H,1-5H2,(H2,11,12,13,14). The summed E-state index contributed by atoms with van der Waals surface area (Å²) in [6.45, 7) is 0. The first-order chi connectivity index (χ1) is 6.86. The molecule has 2 rings (SSSR count). The molecule has 1 amide bonds. The summed E-state index contributed by atoms with van der Waals surface area (Å²) in [5.41, 5.74) is 0. The van der Waals surface area contributed by atoms with Gasteiger partial charge >= 0.3 is 0 Å². The van der Waals surface area contributed by atoms with Gasteiger partial charge in [-0.2, -0.15) is 5.10 Å². The van der Waals surface area contributed by atoms with Crippen molar-refractivity contribution in [2.24, 2.45) is 5.92 Å². The van der Waals surface area contributed by atoms with Crippen LogP contribution in [0.1, 0.15) is 32.1 Å². The molecule has 1 aliphatic rings. The van der Waals surface area contributed by atoms with E-state index in [4.69, 9.17) is 0 Å². The summed E-state index contributed by atoms with van der Waals surface area (Å²) in [7, 11) is 0. The second-order valence-corrected chi connectivity index (χ2v) is 3.79. The SMILES string of the molecule is O=C(Nc1ccn[nH]1)C1CCCCC1. The molecule has 1 heterocycles. The van der Waals surface area contributed by atoms with Gasteiger partial charge in [0.2, 0.25) is 5.91 Å². The highest BCUT2D eigenvalue weighted by Crippen LogP contribution is 2.24. The molecule has 1 aliphatic carbocycles. The summed E-state index contributed by atoms with van der Waals surface area (Å²) < 4.78 is 0. The van der Waals surface area contributed by atoms with Crippen LogP contribution in [0.2, 0.25) is 0 Å². The van der Waals surface area contributed by atoms with Crippen LogP contribution in [0.25, 0.3) is 0 Å². The van der Waals surface area contributed by atoms with E-state index in [-0.39, 0.29) is 11.8 Å². The smallest absolute Gasteiger partial charge is 0.228 e. The van der Waals surface area contributed by atoms with Gasteiger partial charge in [0.1, 0.15) is 5.82 Å². The van der Waals surface area contributed by atoms with Crippen LogP contribution in [0.15, 0.2) is 12.3 Å². The van der Waals surface area contributed by atoms with Crippen molar-refractivity contribution < 1.29 is 4.79 Å². The lowest BCUT2D eigenvalue weighted by molar-refractivity contribution is -0.120. The van der Waals surface area contributed by atoms with Gasteiger partial charge in [-0.05, 0) is 12.8 Å². The molecule has 1 saturated carbocycles. The van der Waals surface area contributed by atoms with Crippen LogP contribution in [-0.4, -0.2) is 16.1 Å². The molecule has 0 bridgehead atoms. The third-order valence-corrected chi connectivity index (χ3v) is 2.73. The van der Waals surface area contributed by atoms with Gasteiger partial charge in [-0.3, -0.25) is 9.89 Å². The number of nitrogens with one attached hydrogen (secondary N) is 2. The Labute approximate surface area is 83.1 Å². The number of anilines is 1. The molecule has 0 aliphatic heterocycles. The van der Waals surface area contributed by atoms with Gasteiger partial charge in [0.15, 0.2) is 0 Å². The number of carbonyl (C=O) groups is 1. The molecule has 0 atom stereocenters. The van der Waals surface area contributed by atoms with Gasteiger partial charge in [0.05, 0.1) is 6.20 Å². The van der Waals surface area contributed by atoms with Crippen LogP contribution in [-0.2, 0) is 4.79 Å². The topological polar surface area (TPSA) is 57.8 Å². The highest BCUT2D eigenvalue weighted by Gasteiger charge is 2.21. The minimum Gasteiger partial charge on any atom is -0.311 e. The van der Waals surface area contributed by atoms with Crippen LogP contribution in [0.3, 0.4) is 0 Å². The van der Waals surface area contributed by atoms with Crippen molar-refractivity contribution in [1.82, 2.24) is 10.2 Å². The Kier molecular flexibility index (Phi) is 2.81. The van der Waals surface area contributed by atoms with E-state index >= 15 is 0 Å². The molecule has 0 spiro atoms. The van der Waals surface area contributed by atoms with E-state index < -0.39 is 0 Å². The van der Waals surface area contributed by atoms with Gasteiger partial charge in [0, 0.05) is 12.0 Å².